The monoisotopic (exact) mass is 186 g/mol. The summed E-state index contributed by atoms with van der Waals surface area (Å²) in [4.78, 5) is 0. The summed E-state index contributed by atoms with van der Waals surface area (Å²) in [5.41, 5.74) is 0. The Labute approximate surface area is 81.6 Å². The Morgan fingerprint density at radius 3 is 2.69 bits per heavy atom. The van der Waals surface area contributed by atoms with Crippen molar-refractivity contribution in [3.05, 3.63) is 0 Å². The molecule has 0 aromatic carbocycles. The fourth-order valence-electron chi connectivity index (χ4n) is 2.05. The molecule has 0 heterocycles. The van der Waals surface area contributed by atoms with Gasteiger partial charge in [-0.05, 0) is 19.3 Å². The Morgan fingerprint density at radius 1 is 1.23 bits per heavy atom. The molecule has 0 aliphatic heterocycles. The van der Waals surface area contributed by atoms with Crippen LogP contribution in [0.15, 0.2) is 0 Å². The molecule has 0 amide bonds. The van der Waals surface area contributed by atoms with Crippen LogP contribution in [0.3, 0.4) is 0 Å². The van der Waals surface area contributed by atoms with E-state index in [1.165, 1.54) is 25.7 Å². The van der Waals surface area contributed by atoms with Crippen LogP contribution in [0.5, 0.6) is 0 Å². The molecule has 0 saturated heterocycles. The molecule has 2 atom stereocenters. The van der Waals surface area contributed by atoms with E-state index in [4.69, 9.17) is 9.47 Å². The second-order valence-corrected chi connectivity index (χ2v) is 3.89. The zero-order valence-corrected chi connectivity index (χ0v) is 8.92. The molecule has 0 aromatic heterocycles. The summed E-state index contributed by atoms with van der Waals surface area (Å²) in [6.45, 7) is 3.94. The third kappa shape index (κ3) is 3.65. The van der Waals surface area contributed by atoms with E-state index in [2.05, 4.69) is 6.92 Å². The first-order valence-electron chi connectivity index (χ1n) is 5.49. The molecular formula is C11H22O2. The van der Waals surface area contributed by atoms with E-state index >= 15 is 0 Å². The smallest absolute Gasteiger partial charge is 0.0621 e. The van der Waals surface area contributed by atoms with E-state index in [1.807, 2.05) is 7.11 Å². The van der Waals surface area contributed by atoms with Crippen molar-refractivity contribution in [2.24, 2.45) is 5.92 Å². The maximum Gasteiger partial charge on any atom is 0.0621 e. The molecule has 0 N–H and O–H groups in total. The van der Waals surface area contributed by atoms with Gasteiger partial charge in [-0.15, -0.1) is 0 Å². The summed E-state index contributed by atoms with van der Waals surface area (Å²) >= 11 is 0. The van der Waals surface area contributed by atoms with Crippen LogP contribution < -0.4 is 0 Å². The molecule has 78 valence electrons. The molecule has 0 spiro atoms. The van der Waals surface area contributed by atoms with E-state index in [0.717, 1.165) is 19.6 Å². The molecule has 2 unspecified atom stereocenters. The zero-order valence-electron chi connectivity index (χ0n) is 8.92. The Hall–Kier alpha value is -0.0800. The molecule has 0 aromatic rings. The van der Waals surface area contributed by atoms with Crippen molar-refractivity contribution in [1.82, 2.24) is 0 Å². The molecule has 2 heteroatoms. The van der Waals surface area contributed by atoms with Gasteiger partial charge in [0.15, 0.2) is 0 Å². The molecule has 1 aliphatic rings. The highest BCUT2D eigenvalue weighted by atomic mass is 16.5. The highest BCUT2D eigenvalue weighted by Gasteiger charge is 2.24. The lowest BCUT2D eigenvalue weighted by Crippen LogP contribution is -2.30. The van der Waals surface area contributed by atoms with Crippen molar-refractivity contribution in [3.63, 3.8) is 0 Å². The molecule has 2 nitrogen and oxygen atoms in total. The van der Waals surface area contributed by atoms with Crippen LogP contribution >= 0.6 is 0 Å². The molecule has 13 heavy (non-hydrogen) atoms. The minimum Gasteiger partial charge on any atom is -0.381 e. The van der Waals surface area contributed by atoms with Gasteiger partial charge in [-0.3, -0.25) is 0 Å². The van der Waals surface area contributed by atoms with Gasteiger partial charge in [-0.25, -0.2) is 0 Å². The molecular weight excluding hydrogens is 164 g/mol. The quantitative estimate of drug-likeness (QED) is 0.614. The van der Waals surface area contributed by atoms with Crippen LogP contribution in [0, 0.1) is 5.92 Å². The molecule has 0 radical (unpaired) electrons. The molecule has 1 saturated carbocycles. The van der Waals surface area contributed by atoms with Gasteiger partial charge in [0.05, 0.1) is 12.7 Å². The number of hydrogen-bond acceptors (Lipinski definition) is 2. The Bertz CT molecular complexity index is 125. The van der Waals surface area contributed by atoms with Crippen molar-refractivity contribution in [2.45, 2.75) is 45.1 Å². The lowest BCUT2D eigenvalue weighted by Gasteiger charge is -2.30. The zero-order chi connectivity index (χ0) is 9.52. The van der Waals surface area contributed by atoms with Crippen LogP contribution in [-0.2, 0) is 9.47 Å². The van der Waals surface area contributed by atoms with Crippen molar-refractivity contribution in [1.29, 1.82) is 0 Å². The average molecular weight is 186 g/mol. The first-order valence-corrected chi connectivity index (χ1v) is 5.49. The van der Waals surface area contributed by atoms with Crippen LogP contribution in [0.2, 0.25) is 0 Å². The van der Waals surface area contributed by atoms with Gasteiger partial charge in [0.25, 0.3) is 0 Å². The van der Waals surface area contributed by atoms with Crippen LogP contribution in [0.4, 0.5) is 0 Å². The fourth-order valence-corrected chi connectivity index (χ4v) is 2.05. The minimum atomic E-state index is 0.450. The Kier molecular flexibility index (Phi) is 5.40. The van der Waals surface area contributed by atoms with Gasteiger partial charge in [-0.2, -0.15) is 0 Å². The van der Waals surface area contributed by atoms with Gasteiger partial charge in [-0.1, -0.05) is 19.8 Å². The summed E-state index contributed by atoms with van der Waals surface area (Å²) in [6.07, 6.45) is 6.73. The molecule has 1 aliphatic carbocycles. The third-order valence-corrected chi connectivity index (χ3v) is 2.82. The first kappa shape index (κ1) is 11.0. The van der Waals surface area contributed by atoms with E-state index in [1.54, 1.807) is 0 Å². The van der Waals surface area contributed by atoms with E-state index in [0.29, 0.717) is 12.0 Å². The maximum absolute atomic E-state index is 5.57. The molecule has 1 fully saturated rings. The Balaban J connectivity index is 2.19. The van der Waals surface area contributed by atoms with Gasteiger partial charge in [0.1, 0.15) is 0 Å². The summed E-state index contributed by atoms with van der Waals surface area (Å²) in [5, 5.41) is 0. The van der Waals surface area contributed by atoms with Gasteiger partial charge in [0, 0.05) is 19.6 Å². The van der Waals surface area contributed by atoms with Crippen LogP contribution in [-0.4, -0.2) is 26.4 Å². The Morgan fingerprint density at radius 2 is 2.00 bits per heavy atom. The van der Waals surface area contributed by atoms with E-state index in [-0.39, 0.29) is 0 Å². The first-order chi connectivity index (χ1) is 6.38. The van der Waals surface area contributed by atoms with Crippen molar-refractivity contribution < 1.29 is 9.47 Å². The van der Waals surface area contributed by atoms with E-state index < -0.39 is 0 Å². The normalized spacial score (nSPS) is 29.1. The third-order valence-electron chi connectivity index (χ3n) is 2.82. The minimum absolute atomic E-state index is 0.450. The number of rotatable bonds is 5. The van der Waals surface area contributed by atoms with Crippen molar-refractivity contribution in [2.75, 3.05) is 20.3 Å². The summed E-state index contributed by atoms with van der Waals surface area (Å²) < 4.78 is 11.0. The summed E-state index contributed by atoms with van der Waals surface area (Å²) in [6, 6.07) is 0. The highest BCUT2D eigenvalue weighted by molar-refractivity contribution is 4.75. The summed E-state index contributed by atoms with van der Waals surface area (Å²) in [7, 11) is 1.82. The SMILES string of the molecule is CCCOCC1CCCCC1OC. The second-order valence-electron chi connectivity index (χ2n) is 3.89. The van der Waals surface area contributed by atoms with Gasteiger partial charge >= 0.3 is 0 Å². The van der Waals surface area contributed by atoms with Crippen LogP contribution in [0.25, 0.3) is 0 Å². The molecule has 1 rings (SSSR count). The average Bonchev–Trinajstić information content (AvgIpc) is 2.19. The van der Waals surface area contributed by atoms with Crippen molar-refractivity contribution in [3.8, 4) is 0 Å². The fraction of sp³-hybridized carbons (Fsp3) is 1.00. The largest absolute Gasteiger partial charge is 0.381 e. The predicted molar refractivity (Wildman–Crippen MR) is 53.9 cm³/mol. The lowest BCUT2D eigenvalue weighted by atomic mass is 9.87. The lowest BCUT2D eigenvalue weighted by molar-refractivity contribution is -0.0200. The number of ether oxygens (including phenoxy) is 2. The second kappa shape index (κ2) is 6.39. The highest BCUT2D eigenvalue weighted by Crippen LogP contribution is 2.26. The van der Waals surface area contributed by atoms with Crippen LogP contribution in [0.1, 0.15) is 39.0 Å². The number of methoxy groups -OCH3 is 1. The van der Waals surface area contributed by atoms with Gasteiger partial charge < -0.3 is 9.47 Å². The maximum atomic E-state index is 5.57. The van der Waals surface area contributed by atoms with Crippen molar-refractivity contribution >= 4 is 0 Å². The molecule has 0 bridgehead atoms. The topological polar surface area (TPSA) is 18.5 Å². The van der Waals surface area contributed by atoms with Gasteiger partial charge in [0.2, 0.25) is 0 Å². The number of hydrogen-bond donors (Lipinski definition) is 0. The summed E-state index contributed by atoms with van der Waals surface area (Å²) in [5.74, 6) is 0.644. The standard InChI is InChI=1S/C11H22O2/c1-3-8-13-9-10-6-4-5-7-11(10)12-2/h10-11H,3-9H2,1-2H3. The van der Waals surface area contributed by atoms with E-state index in [9.17, 15) is 0 Å². The predicted octanol–water partition coefficient (Wildman–Crippen LogP) is 2.62.